The number of carbonyl (C=O) groups is 1. The molecule has 0 aromatic carbocycles. The molecule has 0 bridgehead atoms. The van der Waals surface area contributed by atoms with Gasteiger partial charge in [-0.25, -0.2) is 18.3 Å². The Hall–Kier alpha value is -3.08. The summed E-state index contributed by atoms with van der Waals surface area (Å²) in [6.07, 6.45) is 5.63. The molecule has 3 aromatic heterocycles. The van der Waals surface area contributed by atoms with E-state index in [0.29, 0.717) is 30.5 Å². The third kappa shape index (κ3) is 4.41. The van der Waals surface area contributed by atoms with Crippen molar-refractivity contribution >= 4 is 23.1 Å². The summed E-state index contributed by atoms with van der Waals surface area (Å²) in [4.78, 5) is 19.8. The Balaban J connectivity index is 1.40. The topological polar surface area (TPSA) is 89.6 Å². The van der Waals surface area contributed by atoms with Gasteiger partial charge in [-0.2, -0.15) is 10.2 Å². The number of amides is 1. The minimum atomic E-state index is -2.84. The fourth-order valence-electron chi connectivity index (χ4n) is 4.54. The van der Waals surface area contributed by atoms with Gasteiger partial charge < -0.3 is 15.0 Å². The average Bonchev–Trinajstić information content (AvgIpc) is 3.45. The van der Waals surface area contributed by atoms with Gasteiger partial charge in [0.2, 0.25) is 0 Å². The molecule has 1 saturated carbocycles. The van der Waals surface area contributed by atoms with Gasteiger partial charge in [-0.1, -0.05) is 6.92 Å². The molecule has 1 amide bonds. The van der Waals surface area contributed by atoms with Gasteiger partial charge in [0.05, 0.1) is 31.0 Å². The first-order valence-electron chi connectivity index (χ1n) is 11.3. The molecule has 0 radical (unpaired) electrons. The summed E-state index contributed by atoms with van der Waals surface area (Å²) in [7, 11) is 0. The highest BCUT2D eigenvalue weighted by atomic mass is 19.3. The fraction of sp³-hybridized carbons (Fsp3) is 0.545. The second-order valence-electron chi connectivity index (χ2n) is 8.79. The van der Waals surface area contributed by atoms with Crippen molar-refractivity contribution in [1.82, 2.24) is 24.4 Å². The van der Waals surface area contributed by atoms with Crippen molar-refractivity contribution in [3.8, 4) is 0 Å². The van der Waals surface area contributed by atoms with Gasteiger partial charge in [0, 0.05) is 25.5 Å². The number of fused-ring (bicyclic) bond motifs is 1. The van der Waals surface area contributed by atoms with E-state index >= 15 is 0 Å². The number of morpholine rings is 1. The summed E-state index contributed by atoms with van der Waals surface area (Å²) in [6, 6.07) is 1.89. The maximum absolute atomic E-state index is 13.7. The predicted molar refractivity (Wildman–Crippen MR) is 118 cm³/mol. The molecule has 2 fully saturated rings. The first kappa shape index (κ1) is 21.7. The molecule has 2 aliphatic rings. The molecule has 0 spiro atoms. The van der Waals surface area contributed by atoms with Gasteiger partial charge in [0.15, 0.2) is 5.65 Å². The first-order chi connectivity index (χ1) is 16.0. The second-order valence-corrected chi connectivity index (χ2v) is 8.79. The number of rotatable bonds is 5. The zero-order chi connectivity index (χ0) is 22.9. The van der Waals surface area contributed by atoms with Crippen molar-refractivity contribution in [2.75, 3.05) is 36.5 Å². The number of ether oxygens (including phenoxy) is 1. The molecule has 33 heavy (non-hydrogen) atoms. The quantitative estimate of drug-likeness (QED) is 0.626. The molecule has 1 saturated heterocycles. The molecule has 0 atom stereocenters. The van der Waals surface area contributed by atoms with Crippen LogP contribution in [0.3, 0.4) is 0 Å². The van der Waals surface area contributed by atoms with E-state index < -0.39 is 18.0 Å². The van der Waals surface area contributed by atoms with Crippen molar-refractivity contribution in [3.05, 3.63) is 35.9 Å². The van der Waals surface area contributed by atoms with Crippen LogP contribution < -0.4 is 10.2 Å². The molecule has 1 N–H and O–H groups in total. The molecule has 0 unspecified atom stereocenters. The van der Waals surface area contributed by atoms with E-state index in [4.69, 9.17) is 4.74 Å². The van der Waals surface area contributed by atoms with Crippen molar-refractivity contribution < 1.29 is 18.3 Å². The molecule has 1 aliphatic heterocycles. The third-order valence-electron chi connectivity index (χ3n) is 6.51. The maximum atomic E-state index is 13.7. The monoisotopic (exact) mass is 459 g/mol. The van der Waals surface area contributed by atoms with Gasteiger partial charge in [0.1, 0.15) is 17.2 Å². The lowest BCUT2D eigenvalue weighted by Crippen LogP contribution is -2.36. The van der Waals surface area contributed by atoms with Crippen molar-refractivity contribution in [2.45, 2.75) is 45.1 Å². The van der Waals surface area contributed by atoms with Crippen LogP contribution >= 0.6 is 0 Å². The van der Waals surface area contributed by atoms with Crippen molar-refractivity contribution in [3.63, 3.8) is 0 Å². The van der Waals surface area contributed by atoms with E-state index in [1.165, 1.54) is 12.4 Å². The minimum absolute atomic E-state index is 0.0370. The summed E-state index contributed by atoms with van der Waals surface area (Å²) >= 11 is 0. The fourth-order valence-corrected chi connectivity index (χ4v) is 4.54. The molecular formula is C22H27F2N7O2. The van der Waals surface area contributed by atoms with Crippen LogP contribution in [0.1, 0.15) is 61.1 Å². The number of halogens is 2. The van der Waals surface area contributed by atoms with Crippen molar-refractivity contribution in [2.24, 2.45) is 5.92 Å². The third-order valence-corrected chi connectivity index (χ3v) is 6.51. The summed E-state index contributed by atoms with van der Waals surface area (Å²) in [5.41, 5.74) is 0.186. The maximum Gasteiger partial charge on any atom is 0.282 e. The Kier molecular flexibility index (Phi) is 5.96. The van der Waals surface area contributed by atoms with E-state index in [9.17, 15) is 13.6 Å². The van der Waals surface area contributed by atoms with Crippen LogP contribution in [0, 0.1) is 5.92 Å². The summed E-state index contributed by atoms with van der Waals surface area (Å²) in [6.45, 7) is 4.87. The van der Waals surface area contributed by atoms with Gasteiger partial charge in [-0.15, -0.1) is 0 Å². The number of hydrogen-bond donors (Lipinski definition) is 1. The Bertz CT molecular complexity index is 1130. The summed E-state index contributed by atoms with van der Waals surface area (Å²) in [5, 5.41) is 11.0. The van der Waals surface area contributed by atoms with Crippen LogP contribution in [0.2, 0.25) is 0 Å². The molecule has 1 aliphatic carbocycles. The number of alkyl halides is 2. The largest absolute Gasteiger partial charge is 0.378 e. The van der Waals surface area contributed by atoms with E-state index in [1.807, 2.05) is 6.07 Å². The predicted octanol–water partition coefficient (Wildman–Crippen LogP) is 3.70. The standard InChI is InChI=1S/C22H27F2N7O2/c1-14-2-4-15(5-3-14)31-13-16(19(28-31)20(23)24)22(32)26-17-12-25-30-7-6-18(27-21(17)30)29-8-10-33-11-9-29/h6-7,12-15,20H,2-5,8-11H2,1H3,(H,26,32). The molecule has 176 valence electrons. The van der Waals surface area contributed by atoms with Gasteiger partial charge >= 0.3 is 0 Å². The number of carbonyl (C=O) groups excluding carboxylic acids is 1. The molecule has 5 rings (SSSR count). The molecular weight excluding hydrogens is 432 g/mol. The van der Waals surface area contributed by atoms with E-state index in [0.717, 1.165) is 44.6 Å². The van der Waals surface area contributed by atoms with E-state index in [1.54, 1.807) is 15.4 Å². The second kappa shape index (κ2) is 9.05. The SMILES string of the molecule is CC1CCC(n2cc(C(=O)Nc3cnn4ccc(N5CCOCC5)nc34)c(C(F)F)n2)CC1. The van der Waals surface area contributed by atoms with Crippen LogP contribution in [-0.2, 0) is 4.74 Å². The highest BCUT2D eigenvalue weighted by Crippen LogP contribution is 2.33. The van der Waals surface area contributed by atoms with Crippen molar-refractivity contribution in [1.29, 1.82) is 0 Å². The van der Waals surface area contributed by atoms with Gasteiger partial charge in [-0.05, 0) is 37.7 Å². The summed E-state index contributed by atoms with van der Waals surface area (Å²) in [5.74, 6) is 0.725. The van der Waals surface area contributed by atoms with Crippen LogP contribution in [-0.4, -0.2) is 56.6 Å². The Morgan fingerprint density at radius 3 is 2.70 bits per heavy atom. The zero-order valence-corrected chi connectivity index (χ0v) is 18.5. The number of nitrogens with one attached hydrogen (secondary N) is 1. The van der Waals surface area contributed by atoms with Crippen LogP contribution in [0.4, 0.5) is 20.3 Å². The average molecular weight is 460 g/mol. The first-order valence-corrected chi connectivity index (χ1v) is 11.3. The highest BCUT2D eigenvalue weighted by molar-refractivity contribution is 6.06. The molecule has 3 aromatic rings. The Labute approximate surface area is 189 Å². The van der Waals surface area contributed by atoms with E-state index in [2.05, 4.69) is 32.3 Å². The lowest BCUT2D eigenvalue weighted by Gasteiger charge is -2.27. The van der Waals surface area contributed by atoms with Crippen LogP contribution in [0.5, 0.6) is 0 Å². The minimum Gasteiger partial charge on any atom is -0.378 e. The smallest absolute Gasteiger partial charge is 0.282 e. The normalized spacial score (nSPS) is 21.6. The highest BCUT2D eigenvalue weighted by Gasteiger charge is 2.28. The number of nitrogens with zero attached hydrogens (tertiary/aromatic N) is 6. The lowest BCUT2D eigenvalue weighted by atomic mass is 9.87. The van der Waals surface area contributed by atoms with Crippen LogP contribution in [0.15, 0.2) is 24.7 Å². The van der Waals surface area contributed by atoms with Gasteiger partial charge in [-0.3, -0.25) is 9.48 Å². The van der Waals surface area contributed by atoms with E-state index in [-0.39, 0.29) is 11.6 Å². The Morgan fingerprint density at radius 1 is 1.21 bits per heavy atom. The Morgan fingerprint density at radius 2 is 1.97 bits per heavy atom. The molecule has 4 heterocycles. The number of hydrogen-bond acceptors (Lipinski definition) is 6. The molecule has 11 heteroatoms. The summed E-state index contributed by atoms with van der Waals surface area (Å²) < 4.78 is 35.9. The molecule has 9 nitrogen and oxygen atoms in total. The number of aromatic nitrogens is 5. The zero-order valence-electron chi connectivity index (χ0n) is 18.5. The lowest BCUT2D eigenvalue weighted by molar-refractivity contribution is 0.101. The number of anilines is 2. The van der Waals surface area contributed by atoms with Gasteiger partial charge in [0.25, 0.3) is 12.3 Å². The van der Waals surface area contributed by atoms with Crippen LogP contribution in [0.25, 0.3) is 5.65 Å².